The molecule has 0 radical (unpaired) electrons. The second-order valence-corrected chi connectivity index (χ2v) is 9.74. The van der Waals surface area contributed by atoms with E-state index in [0.29, 0.717) is 19.5 Å². The summed E-state index contributed by atoms with van der Waals surface area (Å²) in [6, 6.07) is 8.41. The predicted molar refractivity (Wildman–Crippen MR) is 139 cm³/mol. The average molecular weight is 501 g/mol. The summed E-state index contributed by atoms with van der Waals surface area (Å²) >= 11 is 0. The van der Waals surface area contributed by atoms with Gasteiger partial charge in [-0.3, -0.25) is 24.6 Å². The number of hydrazine groups is 1. The largest absolute Gasteiger partial charge is 0.370 e. The lowest BCUT2D eigenvalue weighted by Crippen LogP contribution is -2.61. The van der Waals surface area contributed by atoms with Gasteiger partial charge >= 0.3 is 0 Å². The van der Waals surface area contributed by atoms with Gasteiger partial charge in [0.1, 0.15) is 12.6 Å². The summed E-state index contributed by atoms with van der Waals surface area (Å²) in [7, 11) is 0. The molecule has 0 unspecified atom stereocenters. The lowest BCUT2D eigenvalue weighted by Gasteiger charge is -2.40. The molecule has 0 saturated heterocycles. The molecule has 4 N–H and O–H groups in total. The van der Waals surface area contributed by atoms with Gasteiger partial charge in [0.05, 0.1) is 6.54 Å². The second-order valence-electron chi connectivity index (χ2n) is 9.74. The van der Waals surface area contributed by atoms with E-state index in [9.17, 15) is 19.6 Å². The summed E-state index contributed by atoms with van der Waals surface area (Å²) in [5, 5.41) is 12.1. The van der Waals surface area contributed by atoms with Gasteiger partial charge in [0.2, 0.25) is 5.91 Å². The van der Waals surface area contributed by atoms with E-state index < -0.39 is 11.9 Å². The summed E-state index contributed by atoms with van der Waals surface area (Å²) in [6.45, 7) is 9.03. The molecule has 10 nitrogen and oxygen atoms in total. The first-order valence-corrected chi connectivity index (χ1v) is 12.5. The third kappa shape index (κ3) is 8.67. The van der Waals surface area contributed by atoms with Crippen molar-refractivity contribution in [3.8, 4) is 0 Å². The van der Waals surface area contributed by atoms with E-state index in [1.807, 2.05) is 64.1 Å². The Morgan fingerprint density at radius 3 is 2.39 bits per heavy atom. The molecule has 1 aromatic carbocycles. The lowest BCUT2D eigenvalue weighted by molar-refractivity contribution is -0.175. The highest BCUT2D eigenvalue weighted by Crippen LogP contribution is 2.19. The quantitative estimate of drug-likeness (QED) is 0.298. The van der Waals surface area contributed by atoms with E-state index in [4.69, 9.17) is 5.73 Å². The molecule has 2 rings (SSSR count). The molecule has 10 heteroatoms. The van der Waals surface area contributed by atoms with Crippen LogP contribution < -0.4 is 11.2 Å². The van der Waals surface area contributed by atoms with Crippen LogP contribution in [0, 0.1) is 11.8 Å². The molecule has 0 fully saturated rings. The van der Waals surface area contributed by atoms with E-state index in [1.165, 1.54) is 10.0 Å². The van der Waals surface area contributed by atoms with Gasteiger partial charge in [-0.05, 0) is 30.2 Å². The highest BCUT2D eigenvalue weighted by atomic mass is 16.5. The summed E-state index contributed by atoms with van der Waals surface area (Å²) < 4.78 is 0. The normalized spacial score (nSPS) is 14.3. The van der Waals surface area contributed by atoms with Gasteiger partial charge < -0.3 is 10.6 Å². The molecule has 1 aromatic rings. The van der Waals surface area contributed by atoms with Gasteiger partial charge in [-0.1, -0.05) is 70.2 Å². The molecule has 1 atom stereocenters. The topological polar surface area (TPSA) is 132 Å². The fourth-order valence-electron chi connectivity index (χ4n) is 3.85. The Labute approximate surface area is 213 Å². The van der Waals surface area contributed by atoms with Crippen molar-refractivity contribution in [1.29, 1.82) is 0 Å². The number of carbonyl (C=O) groups excluding carboxylic acids is 3. The molecule has 1 aliphatic rings. The molecule has 0 spiro atoms. The van der Waals surface area contributed by atoms with E-state index >= 15 is 0 Å². The summed E-state index contributed by atoms with van der Waals surface area (Å²) in [6.07, 6.45) is 4.46. The Morgan fingerprint density at radius 2 is 1.83 bits per heavy atom. The smallest absolute Gasteiger partial charge is 0.268 e. The van der Waals surface area contributed by atoms with E-state index in [2.05, 4.69) is 4.99 Å². The first kappa shape index (κ1) is 28.8. The minimum Gasteiger partial charge on any atom is -0.370 e. The van der Waals surface area contributed by atoms with Crippen molar-refractivity contribution in [3.05, 3.63) is 42.0 Å². The molecule has 0 saturated carbocycles. The summed E-state index contributed by atoms with van der Waals surface area (Å²) in [4.78, 5) is 45.8. The van der Waals surface area contributed by atoms with Crippen molar-refractivity contribution in [2.24, 2.45) is 22.6 Å². The van der Waals surface area contributed by atoms with Crippen molar-refractivity contribution in [2.75, 3.05) is 26.2 Å². The van der Waals surface area contributed by atoms with Crippen LogP contribution in [-0.4, -0.2) is 76.0 Å². The third-order valence-electron chi connectivity index (χ3n) is 5.75. The molecule has 36 heavy (non-hydrogen) atoms. The van der Waals surface area contributed by atoms with Gasteiger partial charge in [0, 0.05) is 19.5 Å². The Balaban J connectivity index is 2.42. The van der Waals surface area contributed by atoms with Gasteiger partial charge in [-0.15, -0.1) is 0 Å². The third-order valence-corrected chi connectivity index (χ3v) is 5.75. The minimum absolute atomic E-state index is 0.0108. The molecule has 1 heterocycles. The number of amides is 3. The number of guanidine groups is 1. The maximum atomic E-state index is 13.6. The monoisotopic (exact) mass is 500 g/mol. The molecule has 3 amide bonds. The molecule has 0 aliphatic carbocycles. The molecule has 198 valence electrons. The number of hydrogen-bond donors (Lipinski definition) is 3. The summed E-state index contributed by atoms with van der Waals surface area (Å²) in [5.74, 6) is -0.951. The SMILES string of the molecule is CC(C)CCC(=O)N([C@@H](CC=Cc1ccccc1)C(=O)NO)N(CC(C)C)C(=O)CN1CCN=C1N. The zero-order valence-electron chi connectivity index (χ0n) is 21.8. The number of aliphatic imine (C=N–C) groups is 1. The van der Waals surface area contributed by atoms with Crippen molar-refractivity contribution in [2.45, 2.75) is 53.0 Å². The van der Waals surface area contributed by atoms with Crippen LogP contribution in [0.1, 0.15) is 52.5 Å². The minimum atomic E-state index is -1.12. The highest BCUT2D eigenvalue weighted by Gasteiger charge is 2.37. The molecule has 0 bridgehead atoms. The lowest BCUT2D eigenvalue weighted by atomic mass is 10.1. The number of hydroxylamine groups is 1. The van der Waals surface area contributed by atoms with E-state index in [0.717, 1.165) is 5.56 Å². The Kier molecular flexibility index (Phi) is 11.4. The van der Waals surface area contributed by atoms with Crippen LogP contribution in [0.3, 0.4) is 0 Å². The van der Waals surface area contributed by atoms with Crippen molar-refractivity contribution in [3.63, 3.8) is 0 Å². The fraction of sp³-hybridized carbons (Fsp3) is 0.538. The van der Waals surface area contributed by atoms with Gasteiger partial charge in [0.15, 0.2) is 5.96 Å². The van der Waals surface area contributed by atoms with Crippen LogP contribution in [0.2, 0.25) is 0 Å². The Morgan fingerprint density at radius 1 is 1.14 bits per heavy atom. The average Bonchev–Trinajstić information content (AvgIpc) is 3.25. The number of hydrogen-bond acceptors (Lipinski definition) is 7. The van der Waals surface area contributed by atoms with Crippen LogP contribution in [0.25, 0.3) is 6.08 Å². The van der Waals surface area contributed by atoms with E-state index in [1.54, 1.807) is 16.5 Å². The van der Waals surface area contributed by atoms with Crippen LogP contribution in [-0.2, 0) is 14.4 Å². The van der Waals surface area contributed by atoms with Gasteiger partial charge in [0.25, 0.3) is 11.8 Å². The Hall–Kier alpha value is -3.40. The van der Waals surface area contributed by atoms with Crippen molar-refractivity contribution < 1.29 is 19.6 Å². The van der Waals surface area contributed by atoms with Crippen LogP contribution >= 0.6 is 0 Å². The number of rotatable bonds is 12. The number of benzene rings is 1. The van der Waals surface area contributed by atoms with Crippen LogP contribution in [0.4, 0.5) is 0 Å². The van der Waals surface area contributed by atoms with Crippen LogP contribution in [0.15, 0.2) is 41.4 Å². The molecule has 0 aromatic heterocycles. The molecule has 1 aliphatic heterocycles. The highest BCUT2D eigenvalue weighted by molar-refractivity contribution is 5.91. The standard InChI is InChI=1S/C26H40N6O4/c1-19(2)13-14-23(33)32(22(25(35)29-36)12-8-11-21-9-6-5-7-10-21)31(17-20(3)4)24(34)18-30-16-15-28-26(30)27/h5-11,19-20,22,36H,12-18H2,1-4H3,(H2,27,28)(H,29,35)/t22-/m0/s1. The fourth-order valence-corrected chi connectivity index (χ4v) is 3.85. The van der Waals surface area contributed by atoms with E-state index in [-0.39, 0.29) is 55.5 Å². The first-order chi connectivity index (χ1) is 17.1. The zero-order valence-corrected chi connectivity index (χ0v) is 21.8. The zero-order chi connectivity index (χ0) is 26.7. The molecular formula is C26H40N6O4. The molecular weight excluding hydrogens is 460 g/mol. The number of nitrogens with two attached hydrogens (primary N) is 1. The maximum absolute atomic E-state index is 13.6. The van der Waals surface area contributed by atoms with Gasteiger partial charge in [-0.25, -0.2) is 15.5 Å². The number of nitrogens with zero attached hydrogens (tertiary/aromatic N) is 4. The summed E-state index contributed by atoms with van der Waals surface area (Å²) in [5.41, 5.74) is 8.53. The van der Waals surface area contributed by atoms with Crippen LogP contribution in [0.5, 0.6) is 0 Å². The second kappa shape index (κ2) is 14.2. The van der Waals surface area contributed by atoms with Crippen molar-refractivity contribution >= 4 is 29.8 Å². The predicted octanol–water partition coefficient (Wildman–Crippen LogP) is 2.26. The van der Waals surface area contributed by atoms with Crippen molar-refractivity contribution in [1.82, 2.24) is 20.4 Å². The maximum Gasteiger partial charge on any atom is 0.268 e. The number of nitrogens with one attached hydrogen (secondary N) is 1. The Bertz CT molecular complexity index is 932. The first-order valence-electron chi connectivity index (χ1n) is 12.5. The number of carbonyl (C=O) groups is 3. The van der Waals surface area contributed by atoms with Gasteiger partial charge in [-0.2, -0.15) is 0 Å².